The number of benzene rings is 1. The van der Waals surface area contributed by atoms with Crippen LogP contribution in [0, 0.1) is 5.82 Å². The topological polar surface area (TPSA) is 126 Å². The molecule has 2 aliphatic rings. The first kappa shape index (κ1) is 30.6. The molecule has 2 aromatic heterocycles. The van der Waals surface area contributed by atoms with Crippen molar-refractivity contribution in [3.8, 4) is 17.1 Å². The van der Waals surface area contributed by atoms with Crippen LogP contribution in [-0.4, -0.2) is 115 Å². The molecule has 3 aromatic rings. The highest BCUT2D eigenvalue weighted by Gasteiger charge is 2.25. The minimum Gasteiger partial charge on any atom is -0.493 e. The van der Waals surface area contributed by atoms with Crippen molar-refractivity contribution in [3.05, 3.63) is 54.1 Å². The molecule has 1 atom stereocenters. The van der Waals surface area contributed by atoms with Gasteiger partial charge in [0.05, 0.1) is 31.6 Å². The summed E-state index contributed by atoms with van der Waals surface area (Å²) < 4.78 is 36.5. The molecule has 1 N–H and O–H groups in total. The third-order valence-electron chi connectivity index (χ3n) is 7.65. The van der Waals surface area contributed by atoms with Crippen molar-refractivity contribution >= 4 is 11.8 Å². The predicted molar refractivity (Wildman–Crippen MR) is 154 cm³/mol. The van der Waals surface area contributed by atoms with E-state index in [1.165, 1.54) is 12.3 Å². The molecule has 13 heteroatoms. The van der Waals surface area contributed by atoms with Crippen molar-refractivity contribution in [1.82, 2.24) is 30.2 Å². The highest BCUT2D eigenvalue weighted by molar-refractivity contribution is 5.95. The fourth-order valence-corrected chi connectivity index (χ4v) is 5.22. The monoisotopic (exact) mass is 598 g/mol. The third kappa shape index (κ3) is 8.62. The van der Waals surface area contributed by atoms with Crippen LogP contribution in [0.2, 0.25) is 0 Å². The Balaban J connectivity index is 1.01. The van der Waals surface area contributed by atoms with E-state index in [-0.39, 0.29) is 23.1 Å². The van der Waals surface area contributed by atoms with Crippen LogP contribution in [0.25, 0.3) is 11.4 Å². The Morgan fingerprint density at radius 3 is 2.70 bits per heavy atom. The van der Waals surface area contributed by atoms with Gasteiger partial charge in [-0.05, 0) is 50.6 Å². The highest BCUT2D eigenvalue weighted by Crippen LogP contribution is 2.24. The number of ether oxygens (including phenoxy) is 2. The molecular weight excluding hydrogens is 559 g/mol. The van der Waals surface area contributed by atoms with Crippen LogP contribution in [0.3, 0.4) is 0 Å². The quantitative estimate of drug-likeness (QED) is 0.311. The average Bonchev–Trinajstić information content (AvgIpc) is 3.68. The average molecular weight is 599 g/mol. The zero-order chi connectivity index (χ0) is 30.0. The lowest BCUT2D eigenvalue weighted by Crippen LogP contribution is -2.48. The van der Waals surface area contributed by atoms with Crippen LogP contribution in [0.5, 0.6) is 5.75 Å². The molecule has 0 aliphatic carbocycles. The van der Waals surface area contributed by atoms with Crippen molar-refractivity contribution in [2.75, 3.05) is 72.2 Å². The summed E-state index contributed by atoms with van der Waals surface area (Å²) in [6.07, 6.45) is 3.62. The number of amides is 2. The number of hydrogen-bond acceptors (Lipinski definition) is 10. The van der Waals surface area contributed by atoms with Gasteiger partial charge >= 0.3 is 0 Å². The lowest BCUT2D eigenvalue weighted by atomic mass is 10.2. The Labute approximate surface area is 250 Å². The first-order valence-electron chi connectivity index (χ1n) is 14.9. The van der Waals surface area contributed by atoms with Crippen LogP contribution >= 0.6 is 0 Å². The SMILES string of the molecule is C[C@H](NC(=O)c1ccco1)C(=O)N1CCCN(CCCOc2ccc(-c3noc(CCN4CCOCC4)n3)c(F)c2)CC1. The van der Waals surface area contributed by atoms with Crippen LogP contribution in [0.15, 0.2) is 45.5 Å². The Hall–Kier alpha value is -3.81. The molecule has 1 aromatic carbocycles. The number of rotatable bonds is 12. The van der Waals surface area contributed by atoms with Crippen molar-refractivity contribution in [3.63, 3.8) is 0 Å². The molecule has 4 heterocycles. The molecule has 0 saturated carbocycles. The maximum atomic E-state index is 14.9. The van der Waals surface area contributed by atoms with E-state index in [0.717, 1.165) is 65.3 Å². The van der Waals surface area contributed by atoms with Crippen LogP contribution in [0.4, 0.5) is 4.39 Å². The maximum absolute atomic E-state index is 14.9. The van der Waals surface area contributed by atoms with Gasteiger partial charge in [-0.3, -0.25) is 14.5 Å². The molecule has 2 aliphatic heterocycles. The second-order valence-electron chi connectivity index (χ2n) is 10.8. The van der Waals surface area contributed by atoms with Gasteiger partial charge in [0.1, 0.15) is 17.6 Å². The Morgan fingerprint density at radius 2 is 1.91 bits per heavy atom. The molecular formula is C30H39FN6O6. The summed E-state index contributed by atoms with van der Waals surface area (Å²) >= 11 is 0. The van der Waals surface area contributed by atoms with Crippen LogP contribution in [0.1, 0.15) is 36.2 Å². The summed E-state index contributed by atoms with van der Waals surface area (Å²) in [4.78, 5) is 35.8. The van der Waals surface area contributed by atoms with Gasteiger partial charge < -0.3 is 33.5 Å². The minimum absolute atomic E-state index is 0.111. The molecule has 2 saturated heterocycles. The van der Waals surface area contributed by atoms with Crippen molar-refractivity contribution < 1.29 is 32.4 Å². The van der Waals surface area contributed by atoms with E-state index < -0.39 is 17.8 Å². The highest BCUT2D eigenvalue weighted by atomic mass is 19.1. The van der Waals surface area contributed by atoms with E-state index in [1.807, 2.05) is 0 Å². The van der Waals surface area contributed by atoms with E-state index >= 15 is 0 Å². The minimum atomic E-state index is -0.646. The van der Waals surface area contributed by atoms with Gasteiger partial charge in [0.2, 0.25) is 17.6 Å². The summed E-state index contributed by atoms with van der Waals surface area (Å²) in [6, 6.07) is 7.22. The molecule has 0 spiro atoms. The molecule has 0 unspecified atom stereocenters. The van der Waals surface area contributed by atoms with Crippen molar-refractivity contribution in [2.45, 2.75) is 32.2 Å². The second kappa shape index (κ2) is 15.1. The first-order chi connectivity index (χ1) is 21.0. The van der Waals surface area contributed by atoms with E-state index in [2.05, 4.69) is 25.3 Å². The van der Waals surface area contributed by atoms with Crippen molar-refractivity contribution in [2.24, 2.45) is 0 Å². The standard InChI is InChI=1S/C30H39FN6O6/c1-22(32-29(38)26-5-2-17-42-26)30(39)37-11-3-9-35(13-14-37)10-4-18-41-23-6-7-24(25(31)21-23)28-33-27(43-34-28)8-12-36-15-19-40-20-16-36/h2,5-7,17,21-22H,3-4,8-16,18-20H2,1H3,(H,32,38)/t22-/m0/s1. The number of halogens is 1. The van der Waals surface area contributed by atoms with E-state index in [4.69, 9.17) is 18.4 Å². The Morgan fingerprint density at radius 1 is 1.07 bits per heavy atom. The van der Waals surface area contributed by atoms with E-state index in [9.17, 15) is 14.0 Å². The zero-order valence-corrected chi connectivity index (χ0v) is 24.5. The van der Waals surface area contributed by atoms with Crippen molar-refractivity contribution in [1.29, 1.82) is 0 Å². The van der Waals surface area contributed by atoms with Gasteiger partial charge in [0.15, 0.2) is 5.76 Å². The lowest BCUT2D eigenvalue weighted by molar-refractivity contribution is -0.132. The number of aromatic nitrogens is 2. The van der Waals surface area contributed by atoms with E-state index in [1.54, 1.807) is 36.1 Å². The summed E-state index contributed by atoms with van der Waals surface area (Å²) in [5.41, 5.74) is 0.271. The van der Waals surface area contributed by atoms with Gasteiger partial charge in [-0.1, -0.05) is 5.16 Å². The molecule has 232 valence electrons. The third-order valence-corrected chi connectivity index (χ3v) is 7.65. The molecule has 2 amide bonds. The molecule has 0 radical (unpaired) electrons. The van der Waals surface area contributed by atoms with Crippen LogP contribution < -0.4 is 10.1 Å². The number of nitrogens with one attached hydrogen (secondary N) is 1. The lowest BCUT2D eigenvalue weighted by Gasteiger charge is -2.25. The number of carbonyl (C=O) groups is 2. The molecule has 5 rings (SSSR count). The van der Waals surface area contributed by atoms with Gasteiger partial charge in [0, 0.05) is 58.3 Å². The summed E-state index contributed by atoms with van der Waals surface area (Å²) in [5, 5.41) is 6.67. The fraction of sp³-hybridized carbons (Fsp3) is 0.533. The van der Waals surface area contributed by atoms with E-state index in [0.29, 0.717) is 37.8 Å². The summed E-state index contributed by atoms with van der Waals surface area (Å²) in [7, 11) is 0. The first-order valence-corrected chi connectivity index (χ1v) is 14.9. The fourth-order valence-electron chi connectivity index (χ4n) is 5.22. The number of carbonyl (C=O) groups excluding carboxylic acids is 2. The normalized spacial score (nSPS) is 17.4. The predicted octanol–water partition coefficient (Wildman–Crippen LogP) is 2.47. The van der Waals surface area contributed by atoms with Gasteiger partial charge in [0.25, 0.3) is 5.91 Å². The molecule has 0 bridgehead atoms. The van der Waals surface area contributed by atoms with Gasteiger partial charge in [-0.2, -0.15) is 4.98 Å². The van der Waals surface area contributed by atoms with Gasteiger partial charge in [-0.15, -0.1) is 0 Å². The number of furan rings is 1. The number of hydrogen-bond donors (Lipinski definition) is 1. The maximum Gasteiger partial charge on any atom is 0.287 e. The Bertz CT molecular complexity index is 1330. The summed E-state index contributed by atoms with van der Waals surface area (Å²) in [6.45, 7) is 9.72. The van der Waals surface area contributed by atoms with Crippen LogP contribution in [-0.2, 0) is 16.0 Å². The molecule has 43 heavy (non-hydrogen) atoms. The number of morpholine rings is 1. The molecule has 2 fully saturated rings. The van der Waals surface area contributed by atoms with Gasteiger partial charge in [-0.25, -0.2) is 4.39 Å². The number of nitrogens with zero attached hydrogens (tertiary/aromatic N) is 5. The Kier molecular flexibility index (Phi) is 10.7. The summed E-state index contributed by atoms with van der Waals surface area (Å²) in [5.74, 6) is 0.341. The zero-order valence-electron chi connectivity index (χ0n) is 24.5. The smallest absolute Gasteiger partial charge is 0.287 e. The second-order valence-corrected chi connectivity index (χ2v) is 10.8. The molecule has 12 nitrogen and oxygen atoms in total. The largest absolute Gasteiger partial charge is 0.493 e.